The number of benzene rings is 1. The summed E-state index contributed by atoms with van der Waals surface area (Å²) in [5.74, 6) is -0.223. The van der Waals surface area contributed by atoms with Gasteiger partial charge in [0.25, 0.3) is 0 Å². The third-order valence-corrected chi connectivity index (χ3v) is 4.01. The molecule has 1 unspecified atom stereocenters. The molecular weight excluding hydrogens is 281 g/mol. The van der Waals surface area contributed by atoms with Crippen LogP contribution in [0.2, 0.25) is 0 Å². The molecule has 0 aliphatic carbocycles. The van der Waals surface area contributed by atoms with Crippen LogP contribution in [-0.4, -0.2) is 30.4 Å². The molecule has 0 saturated heterocycles. The Morgan fingerprint density at radius 2 is 1.71 bits per heavy atom. The summed E-state index contributed by atoms with van der Waals surface area (Å²) in [5.41, 5.74) is 6.66. The monoisotopic (exact) mass is 304 g/mol. The molecule has 1 aromatic carbocycles. The number of rotatable bonds is 6. The first-order valence-electron chi connectivity index (χ1n) is 6.89. The zero-order chi connectivity index (χ0) is 16.3. The fraction of sp³-hybridized carbons (Fsp3) is 0.600. The van der Waals surface area contributed by atoms with Crippen molar-refractivity contribution in [1.29, 1.82) is 0 Å². The molecule has 2 N–H and O–H groups in total. The fourth-order valence-electron chi connectivity index (χ4n) is 2.08. The Labute approximate surface area is 123 Å². The second-order valence-corrected chi connectivity index (χ2v) is 5.65. The van der Waals surface area contributed by atoms with Crippen molar-refractivity contribution in [3.63, 3.8) is 0 Å². The molecule has 0 aliphatic heterocycles. The third kappa shape index (κ3) is 4.89. The Hall–Kier alpha value is -1.27. The first-order chi connectivity index (χ1) is 9.60. The van der Waals surface area contributed by atoms with Crippen LogP contribution in [0.25, 0.3) is 0 Å². The number of hydrogen-bond acceptors (Lipinski definition) is 3. The number of nitrogens with two attached hydrogens (primary N) is 1. The van der Waals surface area contributed by atoms with Crippen LogP contribution in [0, 0.1) is 0 Å². The van der Waals surface area contributed by atoms with Crippen molar-refractivity contribution < 1.29 is 17.9 Å². The van der Waals surface area contributed by atoms with Gasteiger partial charge in [0.1, 0.15) is 5.75 Å². The standard InChI is InChI=1S/C15H23F3N2O/c1-5-14(2,3)20(4)13(10-19)11-6-8-12(9-7-11)21-15(16,17)18/h6-9,13H,5,10,19H2,1-4H3. The normalized spacial score (nSPS) is 14.3. The number of ether oxygens (including phenoxy) is 1. The van der Waals surface area contributed by atoms with Gasteiger partial charge in [-0.2, -0.15) is 0 Å². The Morgan fingerprint density at radius 3 is 2.10 bits per heavy atom. The van der Waals surface area contributed by atoms with Crippen LogP contribution < -0.4 is 10.5 Å². The van der Waals surface area contributed by atoms with Crippen LogP contribution in [-0.2, 0) is 0 Å². The molecule has 1 atom stereocenters. The summed E-state index contributed by atoms with van der Waals surface area (Å²) in [6.07, 6.45) is -3.73. The quantitative estimate of drug-likeness (QED) is 0.871. The average Bonchev–Trinajstić information content (AvgIpc) is 2.39. The zero-order valence-corrected chi connectivity index (χ0v) is 12.9. The Bertz CT molecular complexity index is 443. The smallest absolute Gasteiger partial charge is 0.406 e. The van der Waals surface area contributed by atoms with Crippen LogP contribution in [0.3, 0.4) is 0 Å². The Balaban J connectivity index is 2.92. The summed E-state index contributed by atoms with van der Waals surface area (Å²) < 4.78 is 40.3. The topological polar surface area (TPSA) is 38.5 Å². The summed E-state index contributed by atoms with van der Waals surface area (Å²) in [6.45, 7) is 6.69. The highest BCUT2D eigenvalue weighted by molar-refractivity contribution is 5.29. The van der Waals surface area contributed by atoms with Crippen molar-refractivity contribution in [2.75, 3.05) is 13.6 Å². The first-order valence-corrected chi connectivity index (χ1v) is 6.89. The lowest BCUT2D eigenvalue weighted by molar-refractivity contribution is -0.274. The van der Waals surface area contributed by atoms with Gasteiger partial charge in [-0.05, 0) is 45.0 Å². The lowest BCUT2D eigenvalue weighted by atomic mass is 9.95. The van der Waals surface area contributed by atoms with Crippen molar-refractivity contribution in [3.05, 3.63) is 29.8 Å². The molecule has 120 valence electrons. The largest absolute Gasteiger partial charge is 0.573 e. The summed E-state index contributed by atoms with van der Waals surface area (Å²) in [4.78, 5) is 2.15. The van der Waals surface area contributed by atoms with E-state index in [1.165, 1.54) is 12.1 Å². The van der Waals surface area contributed by atoms with E-state index in [-0.39, 0.29) is 17.3 Å². The molecule has 0 aliphatic rings. The number of likely N-dealkylation sites (N-methyl/N-ethyl adjacent to an activating group) is 1. The Kier molecular flexibility index (Phi) is 5.64. The van der Waals surface area contributed by atoms with Crippen molar-refractivity contribution >= 4 is 0 Å². The van der Waals surface area contributed by atoms with Crippen molar-refractivity contribution in [2.24, 2.45) is 5.73 Å². The van der Waals surface area contributed by atoms with Gasteiger partial charge >= 0.3 is 6.36 Å². The molecule has 0 radical (unpaired) electrons. The van der Waals surface area contributed by atoms with Gasteiger partial charge in [0.05, 0.1) is 0 Å². The maximum Gasteiger partial charge on any atom is 0.573 e. The average molecular weight is 304 g/mol. The lowest BCUT2D eigenvalue weighted by Crippen LogP contribution is -2.45. The molecule has 0 fully saturated rings. The number of halogens is 3. The summed E-state index contributed by atoms with van der Waals surface area (Å²) in [7, 11) is 1.97. The molecule has 0 aromatic heterocycles. The highest BCUT2D eigenvalue weighted by Gasteiger charge is 2.31. The molecule has 1 aromatic rings. The number of alkyl halides is 3. The van der Waals surface area contributed by atoms with E-state index < -0.39 is 6.36 Å². The summed E-state index contributed by atoms with van der Waals surface area (Å²) in [6, 6.07) is 5.83. The Morgan fingerprint density at radius 1 is 1.19 bits per heavy atom. The lowest BCUT2D eigenvalue weighted by Gasteiger charge is -2.40. The summed E-state index contributed by atoms with van der Waals surface area (Å²) >= 11 is 0. The van der Waals surface area contributed by atoms with Crippen LogP contribution in [0.15, 0.2) is 24.3 Å². The fourth-order valence-corrected chi connectivity index (χ4v) is 2.08. The summed E-state index contributed by atoms with van der Waals surface area (Å²) in [5, 5.41) is 0. The minimum Gasteiger partial charge on any atom is -0.406 e. The predicted octanol–water partition coefficient (Wildman–Crippen LogP) is 3.71. The molecule has 0 amide bonds. The van der Waals surface area contributed by atoms with Gasteiger partial charge in [0, 0.05) is 18.1 Å². The zero-order valence-electron chi connectivity index (χ0n) is 12.9. The highest BCUT2D eigenvalue weighted by Crippen LogP contribution is 2.30. The van der Waals surface area contributed by atoms with Gasteiger partial charge in [-0.25, -0.2) is 0 Å². The molecule has 0 saturated carbocycles. The third-order valence-electron chi connectivity index (χ3n) is 4.01. The second-order valence-electron chi connectivity index (χ2n) is 5.65. The molecule has 0 bridgehead atoms. The van der Waals surface area contributed by atoms with E-state index in [0.29, 0.717) is 6.54 Å². The van der Waals surface area contributed by atoms with Gasteiger partial charge in [0.15, 0.2) is 0 Å². The van der Waals surface area contributed by atoms with E-state index in [1.54, 1.807) is 12.1 Å². The van der Waals surface area contributed by atoms with Crippen molar-refractivity contribution in [1.82, 2.24) is 4.90 Å². The van der Waals surface area contributed by atoms with Crippen LogP contribution >= 0.6 is 0 Å². The van der Waals surface area contributed by atoms with Gasteiger partial charge < -0.3 is 10.5 Å². The van der Waals surface area contributed by atoms with Crippen LogP contribution in [0.4, 0.5) is 13.2 Å². The van der Waals surface area contributed by atoms with Crippen molar-refractivity contribution in [2.45, 2.75) is 45.1 Å². The van der Waals surface area contributed by atoms with Gasteiger partial charge in [-0.3, -0.25) is 4.90 Å². The highest BCUT2D eigenvalue weighted by atomic mass is 19.4. The predicted molar refractivity (Wildman–Crippen MR) is 77.1 cm³/mol. The van der Waals surface area contributed by atoms with E-state index in [1.807, 2.05) is 7.05 Å². The van der Waals surface area contributed by atoms with Gasteiger partial charge in [0.2, 0.25) is 0 Å². The minimum absolute atomic E-state index is 0.0504. The van der Waals surface area contributed by atoms with Crippen LogP contribution in [0.1, 0.15) is 38.8 Å². The SMILES string of the molecule is CCC(C)(C)N(C)C(CN)c1ccc(OC(F)(F)F)cc1. The van der Waals surface area contributed by atoms with Gasteiger partial charge in [-0.15, -0.1) is 13.2 Å². The first kappa shape index (κ1) is 17.8. The molecule has 0 heterocycles. The second kappa shape index (κ2) is 6.66. The maximum absolute atomic E-state index is 12.1. The van der Waals surface area contributed by atoms with E-state index in [9.17, 15) is 13.2 Å². The van der Waals surface area contributed by atoms with Gasteiger partial charge in [-0.1, -0.05) is 19.1 Å². The van der Waals surface area contributed by atoms with E-state index >= 15 is 0 Å². The van der Waals surface area contributed by atoms with E-state index in [0.717, 1.165) is 12.0 Å². The van der Waals surface area contributed by atoms with E-state index in [4.69, 9.17) is 5.73 Å². The molecule has 6 heteroatoms. The number of nitrogens with zero attached hydrogens (tertiary/aromatic N) is 1. The van der Waals surface area contributed by atoms with E-state index in [2.05, 4.69) is 30.4 Å². The molecule has 3 nitrogen and oxygen atoms in total. The molecule has 21 heavy (non-hydrogen) atoms. The molecular formula is C15H23F3N2O. The minimum atomic E-state index is -4.67. The van der Waals surface area contributed by atoms with Crippen molar-refractivity contribution in [3.8, 4) is 5.75 Å². The molecule has 1 rings (SSSR count). The molecule has 0 spiro atoms. The maximum atomic E-state index is 12.1. The van der Waals surface area contributed by atoms with Crippen LogP contribution in [0.5, 0.6) is 5.75 Å². The number of hydrogen-bond donors (Lipinski definition) is 1.